The van der Waals surface area contributed by atoms with Gasteiger partial charge >= 0.3 is 0 Å². The third-order valence-electron chi connectivity index (χ3n) is 6.85. The highest BCUT2D eigenvalue weighted by Gasteiger charge is 2.27. The average Bonchev–Trinajstić information content (AvgIpc) is 3.51. The Labute approximate surface area is 229 Å². The van der Waals surface area contributed by atoms with E-state index in [1.54, 1.807) is 6.21 Å². The number of nitrogens with zero attached hydrogens (tertiary/aromatic N) is 2. The molecular weight excluding hydrogens is 494 g/mol. The van der Waals surface area contributed by atoms with Crippen LogP contribution in [0, 0.1) is 6.92 Å². The van der Waals surface area contributed by atoms with Gasteiger partial charge in [-0.2, -0.15) is 5.10 Å². The number of rotatable bonds is 12. The molecular formula is C30H37N5O2S. The smallest absolute Gasteiger partial charge is 0.274 e. The summed E-state index contributed by atoms with van der Waals surface area (Å²) < 4.78 is 0. The number of benzene rings is 2. The van der Waals surface area contributed by atoms with Gasteiger partial charge in [0.25, 0.3) is 11.8 Å². The normalized spacial score (nSPS) is 12.7. The Morgan fingerprint density at radius 2 is 1.84 bits per heavy atom. The number of aryl methyl sites for hydroxylation is 2. The first-order chi connectivity index (χ1) is 18.5. The Morgan fingerprint density at radius 1 is 1.05 bits per heavy atom. The summed E-state index contributed by atoms with van der Waals surface area (Å²) >= 11 is 1.50. The Kier molecular flexibility index (Phi) is 9.81. The molecule has 8 heteroatoms. The van der Waals surface area contributed by atoms with Gasteiger partial charge in [0, 0.05) is 30.1 Å². The van der Waals surface area contributed by atoms with Gasteiger partial charge in [-0.3, -0.25) is 9.59 Å². The molecule has 0 bridgehead atoms. The Balaban J connectivity index is 1.41. The van der Waals surface area contributed by atoms with Gasteiger partial charge < -0.3 is 15.5 Å². The van der Waals surface area contributed by atoms with Gasteiger partial charge in [0.2, 0.25) is 0 Å². The lowest BCUT2D eigenvalue weighted by molar-refractivity contribution is 0.0955. The standard InChI is InChI=1S/C30H37N5O2S/c1-4-35(5-2)17-16-31-19-23-8-6-9-24(18-23)28(36)33-30-27(25-10-7-11-26(25)38-30)29(37)34-32-20-22-14-12-21(3)13-15-22/h6,8-9,12-15,18,20,31H,4-5,7,10-11,16-17,19H2,1-3H3,(H,33,36)(H,34,37)/b32-20+. The number of hydrogen-bond acceptors (Lipinski definition) is 6. The highest BCUT2D eigenvalue weighted by atomic mass is 32.1. The molecule has 7 nitrogen and oxygen atoms in total. The van der Waals surface area contributed by atoms with Crippen LogP contribution >= 0.6 is 11.3 Å². The highest BCUT2D eigenvalue weighted by molar-refractivity contribution is 7.17. The predicted molar refractivity (Wildman–Crippen MR) is 156 cm³/mol. The second kappa shape index (κ2) is 13.5. The summed E-state index contributed by atoms with van der Waals surface area (Å²) in [6.45, 7) is 11.0. The quantitative estimate of drug-likeness (QED) is 0.175. The molecule has 0 saturated heterocycles. The molecule has 4 rings (SSSR count). The number of carbonyl (C=O) groups is 2. The largest absolute Gasteiger partial charge is 0.313 e. The number of likely N-dealkylation sites (N-methyl/N-ethyl adjacent to an activating group) is 1. The molecule has 1 heterocycles. The van der Waals surface area contributed by atoms with E-state index in [9.17, 15) is 9.59 Å². The van der Waals surface area contributed by atoms with E-state index in [-0.39, 0.29) is 11.8 Å². The molecule has 200 valence electrons. The molecule has 0 aliphatic heterocycles. The predicted octanol–water partition coefficient (Wildman–Crippen LogP) is 4.99. The molecule has 0 fully saturated rings. The molecule has 0 saturated carbocycles. The highest BCUT2D eigenvalue weighted by Crippen LogP contribution is 2.39. The molecule has 0 spiro atoms. The number of thiophene rings is 1. The molecule has 3 N–H and O–H groups in total. The second-order valence-electron chi connectivity index (χ2n) is 9.53. The van der Waals surface area contributed by atoms with Gasteiger partial charge in [0.05, 0.1) is 11.8 Å². The van der Waals surface area contributed by atoms with Crippen LogP contribution < -0.4 is 16.1 Å². The van der Waals surface area contributed by atoms with E-state index < -0.39 is 0 Å². The fraction of sp³-hybridized carbons (Fsp3) is 0.367. The van der Waals surface area contributed by atoms with Crippen molar-refractivity contribution < 1.29 is 9.59 Å². The van der Waals surface area contributed by atoms with Crippen molar-refractivity contribution in [3.8, 4) is 0 Å². The lowest BCUT2D eigenvalue weighted by Gasteiger charge is -2.18. The zero-order valence-electron chi connectivity index (χ0n) is 22.5. The molecule has 0 atom stereocenters. The molecule has 2 aromatic carbocycles. The molecule has 1 aliphatic carbocycles. The number of amides is 2. The van der Waals surface area contributed by atoms with Crippen molar-refractivity contribution in [2.75, 3.05) is 31.5 Å². The first-order valence-corrected chi connectivity index (χ1v) is 14.2. The minimum Gasteiger partial charge on any atom is -0.313 e. The lowest BCUT2D eigenvalue weighted by atomic mass is 10.1. The second-order valence-corrected chi connectivity index (χ2v) is 10.6. The summed E-state index contributed by atoms with van der Waals surface area (Å²) in [4.78, 5) is 29.9. The maximum absolute atomic E-state index is 13.2. The van der Waals surface area contributed by atoms with Gasteiger partial charge in [-0.05, 0) is 68.1 Å². The van der Waals surface area contributed by atoms with Crippen LogP contribution in [-0.2, 0) is 19.4 Å². The summed E-state index contributed by atoms with van der Waals surface area (Å²) in [5.41, 5.74) is 7.91. The van der Waals surface area contributed by atoms with Gasteiger partial charge in [-0.25, -0.2) is 5.43 Å². The zero-order valence-corrected chi connectivity index (χ0v) is 23.3. The van der Waals surface area contributed by atoms with Gasteiger partial charge in [-0.15, -0.1) is 11.3 Å². The third-order valence-corrected chi connectivity index (χ3v) is 8.06. The van der Waals surface area contributed by atoms with Crippen molar-refractivity contribution in [2.24, 2.45) is 5.10 Å². The van der Waals surface area contributed by atoms with Crippen molar-refractivity contribution in [3.63, 3.8) is 0 Å². The van der Waals surface area contributed by atoms with Crippen LogP contribution in [0.3, 0.4) is 0 Å². The maximum atomic E-state index is 13.2. The Hall–Kier alpha value is -3.33. The van der Waals surface area contributed by atoms with Gasteiger partial charge in [0.15, 0.2) is 0 Å². The van der Waals surface area contributed by atoms with Crippen LogP contribution in [0.2, 0.25) is 0 Å². The van der Waals surface area contributed by atoms with E-state index in [0.29, 0.717) is 22.7 Å². The molecule has 1 aromatic heterocycles. The first-order valence-electron chi connectivity index (χ1n) is 13.4. The van der Waals surface area contributed by atoms with Crippen molar-refractivity contribution >= 4 is 34.4 Å². The number of hydrazone groups is 1. The molecule has 0 radical (unpaired) electrons. The van der Waals surface area contributed by atoms with Crippen molar-refractivity contribution in [2.45, 2.75) is 46.6 Å². The number of fused-ring (bicyclic) bond motifs is 1. The van der Waals surface area contributed by atoms with E-state index in [4.69, 9.17) is 0 Å². The topological polar surface area (TPSA) is 85.8 Å². The molecule has 38 heavy (non-hydrogen) atoms. The fourth-order valence-corrected chi connectivity index (χ4v) is 5.90. The Morgan fingerprint density at radius 3 is 2.61 bits per heavy atom. The lowest BCUT2D eigenvalue weighted by Crippen LogP contribution is -2.31. The van der Waals surface area contributed by atoms with E-state index in [1.165, 1.54) is 16.2 Å². The van der Waals surface area contributed by atoms with E-state index >= 15 is 0 Å². The molecule has 3 aromatic rings. The Bertz CT molecular complexity index is 1280. The summed E-state index contributed by atoms with van der Waals surface area (Å²) in [5, 5.41) is 11.2. The molecule has 2 amide bonds. The zero-order chi connectivity index (χ0) is 26.9. The van der Waals surface area contributed by atoms with Crippen LogP contribution in [0.4, 0.5) is 5.00 Å². The van der Waals surface area contributed by atoms with Crippen LogP contribution in [0.25, 0.3) is 0 Å². The molecule has 1 aliphatic rings. The van der Waals surface area contributed by atoms with E-state index in [0.717, 1.165) is 67.7 Å². The summed E-state index contributed by atoms with van der Waals surface area (Å²) in [6, 6.07) is 15.5. The summed E-state index contributed by atoms with van der Waals surface area (Å²) in [5.74, 6) is -0.513. The number of carbonyl (C=O) groups excluding carboxylic acids is 2. The minimum atomic E-state index is -0.297. The number of hydrogen-bond donors (Lipinski definition) is 3. The van der Waals surface area contributed by atoms with E-state index in [2.05, 4.69) is 39.9 Å². The third kappa shape index (κ3) is 7.16. The SMILES string of the molecule is CCN(CC)CCNCc1cccc(C(=O)Nc2sc3c(c2C(=O)N/N=C/c2ccc(C)cc2)CCC3)c1. The average molecular weight is 532 g/mol. The summed E-state index contributed by atoms with van der Waals surface area (Å²) in [6.07, 6.45) is 4.41. The minimum absolute atomic E-state index is 0.216. The molecule has 0 unspecified atom stereocenters. The number of anilines is 1. The van der Waals surface area contributed by atoms with Crippen molar-refractivity contribution in [3.05, 3.63) is 86.8 Å². The van der Waals surface area contributed by atoms with E-state index in [1.807, 2.05) is 55.5 Å². The van der Waals surface area contributed by atoms with Crippen LogP contribution in [0.1, 0.15) is 68.1 Å². The maximum Gasteiger partial charge on any atom is 0.274 e. The first kappa shape index (κ1) is 27.7. The van der Waals surface area contributed by atoms with Crippen LogP contribution in [0.5, 0.6) is 0 Å². The van der Waals surface area contributed by atoms with Crippen LogP contribution in [0.15, 0.2) is 53.6 Å². The van der Waals surface area contributed by atoms with Crippen molar-refractivity contribution in [1.82, 2.24) is 15.6 Å². The van der Waals surface area contributed by atoms with Crippen molar-refractivity contribution in [1.29, 1.82) is 0 Å². The summed E-state index contributed by atoms with van der Waals surface area (Å²) in [7, 11) is 0. The van der Waals surface area contributed by atoms with Gasteiger partial charge in [-0.1, -0.05) is 55.8 Å². The van der Waals surface area contributed by atoms with Gasteiger partial charge in [0.1, 0.15) is 5.00 Å². The van der Waals surface area contributed by atoms with Crippen LogP contribution in [-0.4, -0.2) is 49.1 Å². The monoisotopic (exact) mass is 531 g/mol. The fourth-order valence-electron chi connectivity index (χ4n) is 4.61. The number of nitrogens with one attached hydrogen (secondary N) is 3.